The molecule has 1 heterocycles. The molecule has 1 unspecified atom stereocenters. The Morgan fingerprint density at radius 2 is 2.25 bits per heavy atom. The largest absolute Gasteiger partial charge is 0.330 e. The van der Waals surface area contributed by atoms with Gasteiger partial charge in [-0.15, -0.1) is 0 Å². The standard InChI is InChI=1S/C10H19NS/c1-10(2)9(3-4-12-10)8-5-7(8)6-11/h7-9H,3-6,11H2,1-2H3/t7-,8+,9?/m0/s1. The molecule has 0 aromatic carbocycles. The van der Waals surface area contributed by atoms with Gasteiger partial charge in [0.1, 0.15) is 0 Å². The summed E-state index contributed by atoms with van der Waals surface area (Å²) in [6.45, 7) is 5.73. The summed E-state index contributed by atoms with van der Waals surface area (Å²) in [6, 6.07) is 0. The fraction of sp³-hybridized carbons (Fsp3) is 1.00. The Morgan fingerprint density at radius 1 is 1.50 bits per heavy atom. The van der Waals surface area contributed by atoms with Crippen molar-refractivity contribution in [3.63, 3.8) is 0 Å². The third kappa shape index (κ3) is 1.39. The molecule has 1 saturated heterocycles. The van der Waals surface area contributed by atoms with Crippen molar-refractivity contribution in [2.45, 2.75) is 31.4 Å². The van der Waals surface area contributed by atoms with Gasteiger partial charge in [0, 0.05) is 4.75 Å². The van der Waals surface area contributed by atoms with Gasteiger partial charge < -0.3 is 5.73 Å². The second kappa shape index (κ2) is 2.91. The Hall–Kier alpha value is 0.310. The van der Waals surface area contributed by atoms with Crippen molar-refractivity contribution in [1.82, 2.24) is 0 Å². The smallest absolute Gasteiger partial charge is 0.0134 e. The first-order valence-electron chi connectivity index (χ1n) is 4.99. The molecule has 0 spiro atoms. The van der Waals surface area contributed by atoms with Gasteiger partial charge in [0.25, 0.3) is 0 Å². The minimum atomic E-state index is 0.536. The summed E-state index contributed by atoms with van der Waals surface area (Å²) in [7, 11) is 0. The van der Waals surface area contributed by atoms with Crippen LogP contribution in [0.3, 0.4) is 0 Å². The second-order valence-corrected chi connectivity index (χ2v) is 6.49. The van der Waals surface area contributed by atoms with Gasteiger partial charge in [-0.1, -0.05) is 13.8 Å². The minimum absolute atomic E-state index is 0.536. The number of rotatable bonds is 2. The van der Waals surface area contributed by atoms with Crippen LogP contribution in [-0.4, -0.2) is 17.0 Å². The van der Waals surface area contributed by atoms with E-state index in [1.807, 2.05) is 0 Å². The maximum Gasteiger partial charge on any atom is 0.0134 e. The Bertz CT molecular complexity index is 179. The van der Waals surface area contributed by atoms with Crippen LogP contribution in [0.15, 0.2) is 0 Å². The van der Waals surface area contributed by atoms with Crippen LogP contribution in [0.1, 0.15) is 26.7 Å². The van der Waals surface area contributed by atoms with Gasteiger partial charge in [-0.25, -0.2) is 0 Å². The van der Waals surface area contributed by atoms with E-state index in [1.54, 1.807) is 0 Å². The van der Waals surface area contributed by atoms with Crippen LogP contribution in [0.5, 0.6) is 0 Å². The molecule has 1 aliphatic carbocycles. The van der Waals surface area contributed by atoms with Crippen molar-refractivity contribution in [1.29, 1.82) is 0 Å². The van der Waals surface area contributed by atoms with Crippen molar-refractivity contribution >= 4 is 11.8 Å². The van der Waals surface area contributed by atoms with E-state index < -0.39 is 0 Å². The summed E-state index contributed by atoms with van der Waals surface area (Å²) >= 11 is 2.15. The van der Waals surface area contributed by atoms with Crippen LogP contribution >= 0.6 is 11.8 Å². The van der Waals surface area contributed by atoms with Crippen molar-refractivity contribution in [2.24, 2.45) is 23.5 Å². The number of hydrogen-bond acceptors (Lipinski definition) is 2. The van der Waals surface area contributed by atoms with Crippen LogP contribution in [0.4, 0.5) is 0 Å². The number of hydrogen-bond donors (Lipinski definition) is 1. The van der Waals surface area contributed by atoms with Crippen molar-refractivity contribution in [2.75, 3.05) is 12.3 Å². The Morgan fingerprint density at radius 3 is 2.67 bits per heavy atom. The first-order valence-corrected chi connectivity index (χ1v) is 5.97. The Kier molecular flexibility index (Phi) is 2.16. The van der Waals surface area contributed by atoms with Gasteiger partial charge in [0.05, 0.1) is 0 Å². The highest BCUT2D eigenvalue weighted by Crippen LogP contribution is 2.56. The molecule has 2 fully saturated rings. The second-order valence-electron chi connectivity index (χ2n) is 4.74. The zero-order chi connectivity index (χ0) is 8.77. The van der Waals surface area contributed by atoms with Crippen molar-refractivity contribution < 1.29 is 0 Å². The van der Waals surface area contributed by atoms with E-state index in [4.69, 9.17) is 5.73 Å². The predicted molar refractivity (Wildman–Crippen MR) is 55.3 cm³/mol. The van der Waals surface area contributed by atoms with E-state index in [2.05, 4.69) is 25.6 Å². The molecule has 0 radical (unpaired) electrons. The lowest BCUT2D eigenvalue weighted by Gasteiger charge is -2.26. The lowest BCUT2D eigenvalue weighted by atomic mass is 9.87. The van der Waals surface area contributed by atoms with Crippen LogP contribution in [-0.2, 0) is 0 Å². The van der Waals surface area contributed by atoms with Gasteiger partial charge in [0.15, 0.2) is 0 Å². The molecule has 2 aliphatic rings. The number of thioether (sulfide) groups is 1. The van der Waals surface area contributed by atoms with E-state index in [0.29, 0.717) is 4.75 Å². The molecule has 70 valence electrons. The molecule has 12 heavy (non-hydrogen) atoms. The fourth-order valence-electron chi connectivity index (χ4n) is 2.67. The molecule has 0 aromatic heterocycles. The van der Waals surface area contributed by atoms with Gasteiger partial charge in [-0.05, 0) is 42.9 Å². The third-order valence-electron chi connectivity index (χ3n) is 3.59. The molecule has 3 atom stereocenters. The topological polar surface area (TPSA) is 26.0 Å². The SMILES string of the molecule is CC1(C)SCCC1[C@@H]1C[C@H]1CN. The van der Waals surface area contributed by atoms with Crippen LogP contribution < -0.4 is 5.73 Å². The fourth-order valence-corrected chi connectivity index (χ4v) is 4.07. The molecule has 2 N–H and O–H groups in total. The summed E-state index contributed by atoms with van der Waals surface area (Å²) in [4.78, 5) is 0. The highest BCUT2D eigenvalue weighted by atomic mass is 32.2. The molecule has 0 aromatic rings. The van der Waals surface area contributed by atoms with Crippen molar-refractivity contribution in [3.8, 4) is 0 Å². The lowest BCUT2D eigenvalue weighted by Crippen LogP contribution is -2.25. The highest BCUT2D eigenvalue weighted by Gasteiger charge is 2.49. The maximum absolute atomic E-state index is 5.67. The molecule has 1 aliphatic heterocycles. The zero-order valence-electron chi connectivity index (χ0n) is 8.05. The monoisotopic (exact) mass is 185 g/mol. The van der Waals surface area contributed by atoms with E-state index in [-0.39, 0.29) is 0 Å². The van der Waals surface area contributed by atoms with E-state index in [9.17, 15) is 0 Å². The van der Waals surface area contributed by atoms with Gasteiger partial charge >= 0.3 is 0 Å². The molecule has 2 heteroatoms. The Balaban J connectivity index is 1.96. The molecule has 2 rings (SSSR count). The lowest BCUT2D eigenvalue weighted by molar-refractivity contribution is 0.367. The van der Waals surface area contributed by atoms with E-state index in [1.165, 1.54) is 18.6 Å². The van der Waals surface area contributed by atoms with Gasteiger partial charge in [-0.3, -0.25) is 0 Å². The average Bonchev–Trinajstić information content (AvgIpc) is 2.70. The molecule has 1 saturated carbocycles. The molecule has 1 nitrogen and oxygen atoms in total. The molecular weight excluding hydrogens is 166 g/mol. The minimum Gasteiger partial charge on any atom is -0.330 e. The summed E-state index contributed by atoms with van der Waals surface area (Å²) < 4.78 is 0.536. The molecule has 0 bridgehead atoms. The quantitative estimate of drug-likeness (QED) is 0.713. The highest BCUT2D eigenvalue weighted by molar-refractivity contribution is 8.00. The summed E-state index contributed by atoms with van der Waals surface area (Å²) in [5, 5.41) is 0. The summed E-state index contributed by atoms with van der Waals surface area (Å²) in [5.74, 6) is 4.16. The first kappa shape index (κ1) is 8.89. The van der Waals surface area contributed by atoms with Gasteiger partial charge in [-0.2, -0.15) is 11.8 Å². The number of nitrogens with two attached hydrogens (primary N) is 1. The predicted octanol–water partition coefficient (Wildman–Crippen LogP) is 2.11. The maximum atomic E-state index is 5.67. The average molecular weight is 185 g/mol. The van der Waals surface area contributed by atoms with Crippen LogP contribution in [0.2, 0.25) is 0 Å². The van der Waals surface area contributed by atoms with E-state index >= 15 is 0 Å². The van der Waals surface area contributed by atoms with Crippen molar-refractivity contribution in [3.05, 3.63) is 0 Å². The van der Waals surface area contributed by atoms with E-state index in [0.717, 1.165) is 24.3 Å². The first-order chi connectivity index (χ1) is 5.65. The zero-order valence-corrected chi connectivity index (χ0v) is 8.86. The third-order valence-corrected chi connectivity index (χ3v) is 5.08. The normalized spacial score (nSPS) is 44.8. The Labute approximate surface area is 79.5 Å². The van der Waals surface area contributed by atoms with Crippen LogP contribution in [0.25, 0.3) is 0 Å². The van der Waals surface area contributed by atoms with Gasteiger partial charge in [0.2, 0.25) is 0 Å². The summed E-state index contributed by atoms with van der Waals surface area (Å²) in [6.07, 6.45) is 2.84. The summed E-state index contributed by atoms with van der Waals surface area (Å²) in [5.41, 5.74) is 5.67. The molecular formula is C10H19NS. The molecule has 0 amide bonds. The van der Waals surface area contributed by atoms with Crippen LogP contribution in [0, 0.1) is 17.8 Å².